The highest BCUT2D eigenvalue weighted by atomic mass is 35.5. The summed E-state index contributed by atoms with van der Waals surface area (Å²) in [4.78, 5) is 0. The lowest BCUT2D eigenvalue weighted by atomic mass is 9.93. The highest BCUT2D eigenvalue weighted by Crippen LogP contribution is 2.24. The van der Waals surface area contributed by atoms with Crippen molar-refractivity contribution in [3.8, 4) is 0 Å². The van der Waals surface area contributed by atoms with Crippen LogP contribution in [0.4, 0.5) is 0 Å². The fourth-order valence-corrected chi connectivity index (χ4v) is 2.52. The summed E-state index contributed by atoms with van der Waals surface area (Å²) in [5.41, 5.74) is 3.80. The van der Waals surface area contributed by atoms with Crippen molar-refractivity contribution >= 4 is 23.2 Å². The molecule has 94 valence electrons. The molecule has 0 radical (unpaired) electrons. The third-order valence-electron chi connectivity index (χ3n) is 3.11. The van der Waals surface area contributed by atoms with E-state index >= 15 is 0 Å². The van der Waals surface area contributed by atoms with Gasteiger partial charge in [0.15, 0.2) is 0 Å². The van der Waals surface area contributed by atoms with Gasteiger partial charge in [-0.3, -0.25) is 0 Å². The van der Waals surface area contributed by atoms with Crippen LogP contribution in [-0.4, -0.2) is 5.88 Å². The zero-order valence-electron chi connectivity index (χ0n) is 10.4. The van der Waals surface area contributed by atoms with Gasteiger partial charge in [0.25, 0.3) is 0 Å². The maximum Gasteiger partial charge on any atom is 0.0408 e. The molecule has 0 heterocycles. The van der Waals surface area contributed by atoms with Gasteiger partial charge in [0.05, 0.1) is 0 Å². The quantitative estimate of drug-likeness (QED) is 0.674. The van der Waals surface area contributed by atoms with E-state index in [2.05, 4.69) is 37.3 Å². The molecule has 0 nitrogen and oxygen atoms in total. The predicted octanol–water partition coefficient (Wildman–Crippen LogP) is 5.21. The van der Waals surface area contributed by atoms with E-state index < -0.39 is 0 Å². The molecule has 0 fully saturated rings. The predicted molar refractivity (Wildman–Crippen MR) is 79.8 cm³/mol. The van der Waals surface area contributed by atoms with Gasteiger partial charge in [0, 0.05) is 16.8 Å². The first-order valence-corrected chi connectivity index (χ1v) is 6.97. The van der Waals surface area contributed by atoms with E-state index in [4.69, 9.17) is 23.2 Å². The molecule has 2 heteroatoms. The highest BCUT2D eigenvalue weighted by molar-refractivity contribution is 6.30. The monoisotopic (exact) mass is 278 g/mol. The number of benzene rings is 2. The molecular formula is C16H16Cl2. The zero-order chi connectivity index (χ0) is 13.0. The van der Waals surface area contributed by atoms with Crippen molar-refractivity contribution < 1.29 is 0 Å². The van der Waals surface area contributed by atoms with E-state index in [1.165, 1.54) is 16.7 Å². The summed E-state index contributed by atoms with van der Waals surface area (Å²) in [6.45, 7) is 2.10. The summed E-state index contributed by atoms with van der Waals surface area (Å²) >= 11 is 12.1. The third kappa shape index (κ3) is 3.51. The number of aryl methyl sites for hydroxylation is 1. The van der Waals surface area contributed by atoms with Crippen molar-refractivity contribution in [3.63, 3.8) is 0 Å². The molecule has 0 N–H and O–H groups in total. The summed E-state index contributed by atoms with van der Waals surface area (Å²) in [7, 11) is 0. The largest absolute Gasteiger partial charge is 0.126 e. The number of halogens is 2. The van der Waals surface area contributed by atoms with Gasteiger partial charge in [-0.2, -0.15) is 0 Å². The fourth-order valence-electron chi connectivity index (χ4n) is 2.03. The molecule has 18 heavy (non-hydrogen) atoms. The smallest absolute Gasteiger partial charge is 0.0408 e. The van der Waals surface area contributed by atoms with Crippen LogP contribution in [0.5, 0.6) is 0 Å². The topological polar surface area (TPSA) is 0 Å². The normalized spacial score (nSPS) is 12.4. The fraction of sp³-hybridized carbons (Fsp3) is 0.250. The van der Waals surface area contributed by atoms with E-state index in [1.807, 2.05) is 18.2 Å². The van der Waals surface area contributed by atoms with Crippen LogP contribution in [0, 0.1) is 6.92 Å². The average Bonchev–Trinajstić information content (AvgIpc) is 2.38. The Morgan fingerprint density at radius 2 is 1.78 bits per heavy atom. The Morgan fingerprint density at radius 3 is 2.39 bits per heavy atom. The van der Waals surface area contributed by atoms with Gasteiger partial charge >= 0.3 is 0 Å². The Labute approximate surface area is 119 Å². The lowest BCUT2D eigenvalue weighted by Crippen LogP contribution is -2.04. The van der Waals surface area contributed by atoms with Crippen molar-refractivity contribution in [1.82, 2.24) is 0 Å². The molecule has 0 amide bonds. The van der Waals surface area contributed by atoms with Crippen LogP contribution in [0.1, 0.15) is 22.6 Å². The maximum atomic E-state index is 6.09. The summed E-state index contributed by atoms with van der Waals surface area (Å²) in [5.74, 6) is 0.918. The molecule has 0 saturated carbocycles. The van der Waals surface area contributed by atoms with Crippen molar-refractivity contribution in [2.45, 2.75) is 19.3 Å². The number of hydrogen-bond acceptors (Lipinski definition) is 0. The molecular weight excluding hydrogens is 263 g/mol. The maximum absolute atomic E-state index is 6.09. The summed E-state index contributed by atoms with van der Waals surface area (Å²) in [5, 5.41) is 0.770. The van der Waals surface area contributed by atoms with Gasteiger partial charge in [-0.25, -0.2) is 0 Å². The van der Waals surface area contributed by atoms with Crippen LogP contribution in [0.25, 0.3) is 0 Å². The molecule has 0 spiro atoms. The van der Waals surface area contributed by atoms with Crippen LogP contribution in [-0.2, 0) is 6.42 Å². The standard InChI is InChI=1S/C16H16Cl2/c1-12-5-7-13(8-6-12)9-15(11-17)14-3-2-4-16(18)10-14/h2-8,10,15H,9,11H2,1H3. The molecule has 0 aliphatic rings. The molecule has 2 aromatic rings. The van der Waals surface area contributed by atoms with Gasteiger partial charge in [0.1, 0.15) is 0 Å². The van der Waals surface area contributed by atoms with Gasteiger partial charge < -0.3 is 0 Å². The molecule has 2 aromatic carbocycles. The average molecular weight is 279 g/mol. The minimum atomic E-state index is 0.313. The Hall–Kier alpha value is -0.980. The van der Waals surface area contributed by atoms with Crippen LogP contribution in [0.3, 0.4) is 0 Å². The van der Waals surface area contributed by atoms with Crippen LogP contribution < -0.4 is 0 Å². The Balaban J connectivity index is 2.17. The van der Waals surface area contributed by atoms with E-state index in [9.17, 15) is 0 Å². The molecule has 0 saturated heterocycles. The van der Waals surface area contributed by atoms with Crippen molar-refractivity contribution in [2.24, 2.45) is 0 Å². The number of hydrogen-bond donors (Lipinski definition) is 0. The summed E-state index contributed by atoms with van der Waals surface area (Å²) < 4.78 is 0. The Morgan fingerprint density at radius 1 is 1.06 bits per heavy atom. The molecule has 0 bridgehead atoms. The first kappa shape index (κ1) is 13.5. The SMILES string of the molecule is Cc1ccc(CC(CCl)c2cccc(Cl)c2)cc1. The van der Waals surface area contributed by atoms with Crippen molar-refractivity contribution in [1.29, 1.82) is 0 Å². The molecule has 2 rings (SSSR count). The molecule has 0 aromatic heterocycles. The minimum Gasteiger partial charge on any atom is -0.126 e. The first-order chi connectivity index (χ1) is 8.69. The van der Waals surface area contributed by atoms with E-state index in [-0.39, 0.29) is 0 Å². The van der Waals surface area contributed by atoms with Crippen LogP contribution in [0.15, 0.2) is 48.5 Å². The number of rotatable bonds is 4. The second-order valence-corrected chi connectivity index (χ2v) is 5.34. The lowest BCUT2D eigenvalue weighted by Gasteiger charge is -2.15. The van der Waals surface area contributed by atoms with Crippen LogP contribution in [0.2, 0.25) is 5.02 Å². The number of alkyl halides is 1. The van der Waals surface area contributed by atoms with E-state index in [1.54, 1.807) is 0 Å². The zero-order valence-corrected chi connectivity index (χ0v) is 11.9. The minimum absolute atomic E-state index is 0.313. The Kier molecular flexibility index (Phi) is 4.68. The summed E-state index contributed by atoms with van der Waals surface area (Å²) in [6.07, 6.45) is 0.949. The molecule has 1 unspecified atom stereocenters. The molecule has 0 aliphatic carbocycles. The Bertz CT molecular complexity index is 503. The first-order valence-electron chi connectivity index (χ1n) is 6.06. The molecule has 1 atom stereocenters. The van der Waals surface area contributed by atoms with Gasteiger partial charge in [-0.1, -0.05) is 53.6 Å². The van der Waals surface area contributed by atoms with Crippen molar-refractivity contribution in [3.05, 3.63) is 70.2 Å². The second kappa shape index (κ2) is 6.26. The van der Waals surface area contributed by atoms with Gasteiger partial charge in [0.2, 0.25) is 0 Å². The van der Waals surface area contributed by atoms with E-state index in [0.29, 0.717) is 11.8 Å². The third-order valence-corrected chi connectivity index (χ3v) is 3.72. The molecule has 0 aliphatic heterocycles. The van der Waals surface area contributed by atoms with E-state index in [0.717, 1.165) is 11.4 Å². The van der Waals surface area contributed by atoms with Crippen molar-refractivity contribution in [2.75, 3.05) is 5.88 Å². The summed E-state index contributed by atoms with van der Waals surface area (Å²) in [6, 6.07) is 16.6. The lowest BCUT2D eigenvalue weighted by molar-refractivity contribution is 0.766. The van der Waals surface area contributed by atoms with Crippen LogP contribution >= 0.6 is 23.2 Å². The highest BCUT2D eigenvalue weighted by Gasteiger charge is 2.11. The van der Waals surface area contributed by atoms with Gasteiger partial charge in [-0.05, 0) is 36.6 Å². The van der Waals surface area contributed by atoms with Gasteiger partial charge in [-0.15, -0.1) is 11.6 Å². The second-order valence-electron chi connectivity index (χ2n) is 4.60.